The summed E-state index contributed by atoms with van der Waals surface area (Å²) in [4.78, 5) is 26.1. The molecular weight excluding hydrogens is 432 g/mol. The molecule has 2 aromatic rings. The summed E-state index contributed by atoms with van der Waals surface area (Å²) in [5.74, 6) is 2.32. The van der Waals surface area contributed by atoms with Crippen LogP contribution in [0.2, 0.25) is 0 Å². The van der Waals surface area contributed by atoms with E-state index in [2.05, 4.69) is 5.32 Å². The number of hydrogen-bond donors (Lipinski definition) is 1. The maximum absolute atomic E-state index is 12.3. The molecule has 33 heavy (non-hydrogen) atoms. The van der Waals surface area contributed by atoms with Gasteiger partial charge in [0, 0.05) is 12.1 Å². The number of nitrogens with one attached hydrogen (secondary N) is 1. The summed E-state index contributed by atoms with van der Waals surface area (Å²) in [6.07, 6.45) is 2.04. The first-order chi connectivity index (χ1) is 16.0. The minimum Gasteiger partial charge on any atom is -0.493 e. The van der Waals surface area contributed by atoms with Crippen molar-refractivity contribution in [3.8, 4) is 28.7 Å². The summed E-state index contributed by atoms with van der Waals surface area (Å²) in [6, 6.07) is 8.69. The average molecular weight is 456 g/mol. The van der Waals surface area contributed by atoms with Crippen molar-refractivity contribution in [1.29, 1.82) is 0 Å². The molecule has 2 aliphatic heterocycles. The van der Waals surface area contributed by atoms with Gasteiger partial charge >= 0.3 is 6.09 Å². The van der Waals surface area contributed by atoms with Crippen molar-refractivity contribution in [1.82, 2.24) is 5.32 Å². The number of hydrogen-bond acceptors (Lipinski definition) is 8. The molecule has 0 aromatic heterocycles. The molecule has 2 aromatic carbocycles. The van der Waals surface area contributed by atoms with Gasteiger partial charge in [-0.2, -0.15) is 0 Å². The minimum absolute atomic E-state index is 0.154. The van der Waals surface area contributed by atoms with Gasteiger partial charge in [-0.1, -0.05) is 0 Å². The molecule has 1 saturated heterocycles. The van der Waals surface area contributed by atoms with Crippen LogP contribution in [0.15, 0.2) is 36.4 Å². The fourth-order valence-electron chi connectivity index (χ4n) is 3.53. The highest BCUT2D eigenvalue weighted by Crippen LogP contribution is 2.38. The number of carbonyl (C=O) groups is 2. The zero-order valence-electron chi connectivity index (χ0n) is 18.5. The Morgan fingerprint density at radius 2 is 1.82 bits per heavy atom. The van der Waals surface area contributed by atoms with Gasteiger partial charge in [0.25, 0.3) is 0 Å². The first kappa shape index (κ1) is 22.1. The summed E-state index contributed by atoms with van der Waals surface area (Å²) in [7, 11) is 4.56. The van der Waals surface area contributed by atoms with Gasteiger partial charge in [-0.05, 0) is 35.9 Å². The van der Waals surface area contributed by atoms with Crippen molar-refractivity contribution in [2.45, 2.75) is 6.10 Å². The molecule has 10 nitrogen and oxygen atoms in total. The first-order valence-electron chi connectivity index (χ1n) is 10.2. The van der Waals surface area contributed by atoms with E-state index in [1.807, 2.05) is 0 Å². The second-order valence-electron chi connectivity index (χ2n) is 7.19. The van der Waals surface area contributed by atoms with Crippen molar-refractivity contribution in [2.75, 3.05) is 46.1 Å². The quantitative estimate of drug-likeness (QED) is 0.605. The molecule has 0 saturated carbocycles. The lowest BCUT2D eigenvalue weighted by Crippen LogP contribution is -2.33. The summed E-state index contributed by atoms with van der Waals surface area (Å²) in [6.45, 7) is 0.627. The van der Waals surface area contributed by atoms with Crippen molar-refractivity contribution in [3.63, 3.8) is 0 Å². The smallest absolute Gasteiger partial charge is 0.414 e. The van der Waals surface area contributed by atoms with E-state index in [0.717, 1.165) is 0 Å². The molecule has 174 valence electrons. The van der Waals surface area contributed by atoms with Crippen LogP contribution in [-0.2, 0) is 9.53 Å². The number of methoxy groups -OCH3 is 3. The van der Waals surface area contributed by atoms with E-state index < -0.39 is 12.2 Å². The number of cyclic esters (lactones) is 1. The molecule has 2 heterocycles. The van der Waals surface area contributed by atoms with Crippen molar-refractivity contribution in [3.05, 3.63) is 42.0 Å². The van der Waals surface area contributed by atoms with Crippen LogP contribution >= 0.6 is 0 Å². The fraction of sp³-hybridized carbons (Fsp3) is 0.304. The van der Waals surface area contributed by atoms with E-state index in [0.29, 0.717) is 46.5 Å². The molecular formula is C23H24N2O8. The van der Waals surface area contributed by atoms with Crippen LogP contribution in [-0.4, -0.2) is 59.3 Å². The third kappa shape index (κ3) is 4.74. The van der Waals surface area contributed by atoms with Crippen molar-refractivity contribution < 1.29 is 38.0 Å². The molecule has 0 aliphatic carbocycles. The van der Waals surface area contributed by atoms with E-state index in [4.69, 9.17) is 28.4 Å². The molecule has 1 atom stereocenters. The minimum atomic E-state index is -0.485. The summed E-state index contributed by atoms with van der Waals surface area (Å²) >= 11 is 0. The predicted molar refractivity (Wildman–Crippen MR) is 118 cm³/mol. The monoisotopic (exact) mass is 456 g/mol. The fourth-order valence-corrected chi connectivity index (χ4v) is 3.53. The Hall–Kier alpha value is -4.08. The van der Waals surface area contributed by atoms with Crippen LogP contribution < -0.4 is 33.9 Å². The molecule has 2 amide bonds. The number of amides is 2. The van der Waals surface area contributed by atoms with Gasteiger partial charge in [-0.15, -0.1) is 0 Å². The second-order valence-corrected chi connectivity index (χ2v) is 7.19. The number of rotatable bonds is 8. The molecule has 4 rings (SSSR count). The average Bonchev–Trinajstić information content (AvgIpc) is 3.46. The van der Waals surface area contributed by atoms with E-state index in [-0.39, 0.29) is 19.2 Å². The Bertz CT molecular complexity index is 1060. The molecule has 1 fully saturated rings. The second kappa shape index (κ2) is 9.60. The highest BCUT2D eigenvalue weighted by atomic mass is 16.7. The SMILES string of the molecule is COc1cc(/C=C/C(=O)NC[C@@H]2CN(c3ccc4c(c3)OCO4)C(=O)O2)cc(OC)c1OC. The maximum atomic E-state index is 12.3. The van der Waals surface area contributed by atoms with Crippen molar-refractivity contribution >= 4 is 23.8 Å². The van der Waals surface area contributed by atoms with E-state index in [9.17, 15) is 9.59 Å². The normalized spacial score (nSPS) is 16.6. The zero-order valence-corrected chi connectivity index (χ0v) is 18.5. The summed E-state index contributed by atoms with van der Waals surface area (Å²) in [5.41, 5.74) is 1.33. The Labute approximate surface area is 190 Å². The maximum Gasteiger partial charge on any atom is 0.414 e. The van der Waals surface area contributed by atoms with E-state index in [1.54, 1.807) is 36.4 Å². The number of ether oxygens (including phenoxy) is 6. The number of benzene rings is 2. The molecule has 0 unspecified atom stereocenters. The van der Waals surface area contributed by atoms with Gasteiger partial charge < -0.3 is 33.7 Å². The Morgan fingerprint density at radius 3 is 2.52 bits per heavy atom. The Morgan fingerprint density at radius 1 is 1.09 bits per heavy atom. The Balaban J connectivity index is 1.34. The number of nitrogens with zero attached hydrogens (tertiary/aromatic N) is 1. The van der Waals surface area contributed by atoms with Crippen LogP contribution in [0.3, 0.4) is 0 Å². The largest absolute Gasteiger partial charge is 0.493 e. The lowest BCUT2D eigenvalue weighted by atomic mass is 10.1. The standard InChI is InChI=1S/C23H24N2O8/c1-28-19-8-14(9-20(29-2)22(19)30-3)4-7-21(26)24-11-16-12-25(23(27)33-16)15-5-6-17-18(10-15)32-13-31-17/h4-10,16H,11-13H2,1-3H3,(H,24,26)/b7-4+/t16-/m1/s1. The van der Waals surface area contributed by atoms with E-state index in [1.165, 1.54) is 32.3 Å². The summed E-state index contributed by atoms with van der Waals surface area (Å²) in [5, 5.41) is 2.75. The van der Waals surface area contributed by atoms with Crippen LogP contribution in [0.1, 0.15) is 5.56 Å². The number of carbonyl (C=O) groups excluding carboxylic acids is 2. The zero-order chi connectivity index (χ0) is 23.4. The molecule has 0 bridgehead atoms. The molecule has 0 radical (unpaired) electrons. The topological polar surface area (TPSA) is 105 Å². The lowest BCUT2D eigenvalue weighted by molar-refractivity contribution is -0.116. The highest BCUT2D eigenvalue weighted by Gasteiger charge is 2.33. The van der Waals surface area contributed by atoms with Gasteiger partial charge in [0.15, 0.2) is 23.0 Å². The van der Waals surface area contributed by atoms with Gasteiger partial charge in [0.05, 0.1) is 40.1 Å². The molecule has 0 spiro atoms. The Kier molecular flexibility index (Phi) is 6.43. The van der Waals surface area contributed by atoms with E-state index >= 15 is 0 Å². The van der Waals surface area contributed by atoms with Crippen LogP contribution in [0.4, 0.5) is 10.5 Å². The van der Waals surface area contributed by atoms with Crippen LogP contribution in [0.25, 0.3) is 6.08 Å². The molecule has 2 aliphatic rings. The van der Waals surface area contributed by atoms with Gasteiger partial charge in [-0.3, -0.25) is 9.69 Å². The van der Waals surface area contributed by atoms with Crippen LogP contribution in [0.5, 0.6) is 28.7 Å². The lowest BCUT2D eigenvalue weighted by Gasteiger charge is -2.13. The third-order valence-electron chi connectivity index (χ3n) is 5.16. The van der Waals surface area contributed by atoms with Gasteiger partial charge in [0.1, 0.15) is 6.10 Å². The number of fused-ring (bicyclic) bond motifs is 1. The predicted octanol–water partition coefficient (Wildman–Crippen LogP) is 2.60. The van der Waals surface area contributed by atoms with Gasteiger partial charge in [-0.25, -0.2) is 4.79 Å². The highest BCUT2D eigenvalue weighted by molar-refractivity contribution is 5.92. The molecule has 10 heteroatoms. The first-order valence-corrected chi connectivity index (χ1v) is 10.2. The van der Waals surface area contributed by atoms with Crippen LogP contribution in [0, 0.1) is 0 Å². The van der Waals surface area contributed by atoms with Crippen molar-refractivity contribution in [2.24, 2.45) is 0 Å². The summed E-state index contributed by atoms with van der Waals surface area (Å²) < 4.78 is 31.9. The third-order valence-corrected chi connectivity index (χ3v) is 5.16. The van der Waals surface area contributed by atoms with Gasteiger partial charge in [0.2, 0.25) is 18.4 Å². The molecule has 1 N–H and O–H groups in total. The number of anilines is 1.